The summed E-state index contributed by atoms with van der Waals surface area (Å²) in [6.45, 7) is 0.767. The van der Waals surface area contributed by atoms with Crippen molar-refractivity contribution in [3.63, 3.8) is 0 Å². The van der Waals surface area contributed by atoms with Crippen LogP contribution in [0, 0.1) is 0 Å². The normalized spacial score (nSPS) is 11.5. The van der Waals surface area contributed by atoms with Crippen LogP contribution in [0.1, 0.15) is 15.9 Å². The maximum Gasteiger partial charge on any atom is 0.151 e. The van der Waals surface area contributed by atoms with E-state index in [9.17, 15) is 4.79 Å². The Hall–Kier alpha value is -2.13. The first-order valence-corrected chi connectivity index (χ1v) is 6.33. The first-order chi connectivity index (χ1) is 9.20. The van der Waals surface area contributed by atoms with Gasteiger partial charge in [-0.25, -0.2) is 0 Å². The Morgan fingerprint density at radius 2 is 1.89 bits per heavy atom. The van der Waals surface area contributed by atoms with Crippen LogP contribution in [-0.4, -0.2) is 30.3 Å². The minimum atomic E-state index is 0.767. The molecular formula is C16H16N2O. The standard InChI is InChI=1S/C16H16N2O/c1-18(2)9-11-7-8-15-16(13(11)10-19)12-5-3-4-6-14(12)17-15/h3-8,10,17H,9H2,1-2H3. The summed E-state index contributed by atoms with van der Waals surface area (Å²) in [5.41, 5.74) is 3.95. The Labute approximate surface area is 111 Å². The second-order valence-corrected chi connectivity index (χ2v) is 5.09. The lowest BCUT2D eigenvalue weighted by atomic mass is 10.0. The molecule has 0 aliphatic heterocycles. The fourth-order valence-electron chi connectivity index (χ4n) is 2.63. The smallest absolute Gasteiger partial charge is 0.151 e. The van der Waals surface area contributed by atoms with Gasteiger partial charge in [-0.05, 0) is 31.8 Å². The molecule has 0 spiro atoms. The third-order valence-corrected chi connectivity index (χ3v) is 3.41. The van der Waals surface area contributed by atoms with Gasteiger partial charge in [-0.3, -0.25) is 4.79 Å². The summed E-state index contributed by atoms with van der Waals surface area (Å²) in [5.74, 6) is 0. The number of nitrogens with one attached hydrogen (secondary N) is 1. The number of fused-ring (bicyclic) bond motifs is 3. The maximum atomic E-state index is 11.5. The van der Waals surface area contributed by atoms with E-state index in [-0.39, 0.29) is 0 Å². The van der Waals surface area contributed by atoms with E-state index in [4.69, 9.17) is 0 Å². The van der Waals surface area contributed by atoms with Crippen molar-refractivity contribution in [1.82, 2.24) is 9.88 Å². The Balaban J connectivity index is 2.37. The number of carbonyl (C=O) groups excluding carboxylic acids is 1. The van der Waals surface area contributed by atoms with Gasteiger partial charge < -0.3 is 9.88 Å². The van der Waals surface area contributed by atoms with Gasteiger partial charge >= 0.3 is 0 Å². The number of rotatable bonds is 3. The third-order valence-electron chi connectivity index (χ3n) is 3.41. The summed E-state index contributed by atoms with van der Waals surface area (Å²) in [5, 5.41) is 2.14. The highest BCUT2D eigenvalue weighted by Gasteiger charge is 2.12. The van der Waals surface area contributed by atoms with Crippen molar-refractivity contribution >= 4 is 28.1 Å². The van der Waals surface area contributed by atoms with Crippen molar-refractivity contribution < 1.29 is 4.79 Å². The molecule has 0 radical (unpaired) electrons. The van der Waals surface area contributed by atoms with Crippen LogP contribution in [0.4, 0.5) is 0 Å². The number of nitrogens with zero attached hydrogens (tertiary/aromatic N) is 1. The molecule has 3 rings (SSSR count). The van der Waals surface area contributed by atoms with E-state index >= 15 is 0 Å². The van der Waals surface area contributed by atoms with Crippen LogP contribution in [0.15, 0.2) is 36.4 Å². The average molecular weight is 252 g/mol. The highest BCUT2D eigenvalue weighted by molar-refractivity contribution is 6.14. The molecule has 3 nitrogen and oxygen atoms in total. The second kappa shape index (κ2) is 4.52. The lowest BCUT2D eigenvalue weighted by Crippen LogP contribution is -2.12. The number of aldehydes is 1. The van der Waals surface area contributed by atoms with Crippen LogP contribution in [0.25, 0.3) is 21.8 Å². The molecule has 0 amide bonds. The predicted octanol–water partition coefficient (Wildman–Crippen LogP) is 3.20. The van der Waals surface area contributed by atoms with E-state index in [1.54, 1.807) is 0 Å². The maximum absolute atomic E-state index is 11.5. The number of aromatic nitrogens is 1. The number of benzene rings is 2. The number of H-pyrrole nitrogens is 1. The van der Waals surface area contributed by atoms with Crippen molar-refractivity contribution in [1.29, 1.82) is 0 Å². The zero-order chi connectivity index (χ0) is 13.4. The third kappa shape index (κ3) is 1.92. The quantitative estimate of drug-likeness (QED) is 0.727. The van der Waals surface area contributed by atoms with Gasteiger partial charge in [-0.2, -0.15) is 0 Å². The SMILES string of the molecule is CN(C)Cc1ccc2[nH]c3ccccc3c2c1C=O. The molecular weight excluding hydrogens is 236 g/mol. The summed E-state index contributed by atoms with van der Waals surface area (Å²) in [6.07, 6.45) is 0.974. The van der Waals surface area contributed by atoms with Crippen LogP contribution >= 0.6 is 0 Å². The monoisotopic (exact) mass is 252 g/mol. The molecule has 0 fully saturated rings. The van der Waals surface area contributed by atoms with Crippen molar-refractivity contribution in [2.45, 2.75) is 6.54 Å². The molecule has 1 N–H and O–H groups in total. The minimum Gasteiger partial charge on any atom is -0.354 e. The second-order valence-electron chi connectivity index (χ2n) is 5.09. The van der Waals surface area contributed by atoms with Gasteiger partial charge in [0.2, 0.25) is 0 Å². The van der Waals surface area contributed by atoms with E-state index in [2.05, 4.69) is 22.0 Å². The van der Waals surface area contributed by atoms with Gasteiger partial charge in [0.05, 0.1) is 0 Å². The van der Waals surface area contributed by atoms with Crippen LogP contribution < -0.4 is 0 Å². The minimum absolute atomic E-state index is 0.767. The summed E-state index contributed by atoms with van der Waals surface area (Å²) >= 11 is 0. The van der Waals surface area contributed by atoms with E-state index in [0.29, 0.717) is 0 Å². The summed E-state index contributed by atoms with van der Waals surface area (Å²) in [4.78, 5) is 17.0. The number of carbonyl (C=O) groups is 1. The summed E-state index contributed by atoms with van der Waals surface area (Å²) in [6, 6.07) is 12.2. The van der Waals surface area contributed by atoms with Gasteiger partial charge in [-0.15, -0.1) is 0 Å². The van der Waals surface area contributed by atoms with Gasteiger partial charge in [-0.1, -0.05) is 24.3 Å². The molecule has 0 saturated carbocycles. The molecule has 0 atom stereocenters. The number of para-hydroxylation sites is 1. The molecule has 0 aliphatic carbocycles. The Morgan fingerprint density at radius 3 is 2.63 bits per heavy atom. The average Bonchev–Trinajstić information content (AvgIpc) is 2.77. The lowest BCUT2D eigenvalue weighted by molar-refractivity contribution is 0.112. The Kier molecular flexibility index (Phi) is 2.84. The summed E-state index contributed by atoms with van der Waals surface area (Å²) in [7, 11) is 4.02. The van der Waals surface area contributed by atoms with Gasteiger partial charge in [0.25, 0.3) is 0 Å². The lowest BCUT2D eigenvalue weighted by Gasteiger charge is -2.12. The largest absolute Gasteiger partial charge is 0.354 e. The van der Waals surface area contributed by atoms with Crippen LogP contribution in [0.3, 0.4) is 0 Å². The Bertz CT molecular complexity index is 756. The summed E-state index contributed by atoms with van der Waals surface area (Å²) < 4.78 is 0. The molecule has 3 heteroatoms. The zero-order valence-electron chi connectivity index (χ0n) is 11.1. The van der Waals surface area contributed by atoms with Gasteiger partial charge in [0.15, 0.2) is 6.29 Å². The molecule has 0 bridgehead atoms. The highest BCUT2D eigenvalue weighted by Crippen LogP contribution is 2.29. The predicted molar refractivity (Wildman–Crippen MR) is 78.6 cm³/mol. The van der Waals surface area contributed by atoms with Crippen molar-refractivity contribution in [2.24, 2.45) is 0 Å². The molecule has 96 valence electrons. The van der Waals surface area contributed by atoms with E-state index < -0.39 is 0 Å². The molecule has 1 heterocycles. The van der Waals surface area contributed by atoms with Gasteiger partial charge in [0.1, 0.15) is 0 Å². The molecule has 0 saturated heterocycles. The highest BCUT2D eigenvalue weighted by atomic mass is 16.1. The molecule has 3 aromatic rings. The molecule has 0 aliphatic rings. The Morgan fingerprint density at radius 1 is 1.11 bits per heavy atom. The van der Waals surface area contributed by atoms with E-state index in [0.717, 1.165) is 45.8 Å². The van der Waals surface area contributed by atoms with Crippen molar-refractivity contribution in [3.8, 4) is 0 Å². The number of aromatic amines is 1. The number of hydrogen-bond acceptors (Lipinski definition) is 2. The fraction of sp³-hybridized carbons (Fsp3) is 0.188. The number of hydrogen-bond donors (Lipinski definition) is 1. The van der Waals surface area contributed by atoms with Crippen LogP contribution in [0.2, 0.25) is 0 Å². The molecule has 2 aromatic carbocycles. The van der Waals surface area contributed by atoms with Gasteiger partial charge in [0, 0.05) is 33.9 Å². The molecule has 1 aromatic heterocycles. The molecule has 0 unspecified atom stereocenters. The first kappa shape index (κ1) is 11.9. The van der Waals surface area contributed by atoms with E-state index in [1.165, 1.54) is 0 Å². The molecule has 19 heavy (non-hydrogen) atoms. The van der Waals surface area contributed by atoms with Crippen molar-refractivity contribution in [2.75, 3.05) is 14.1 Å². The first-order valence-electron chi connectivity index (χ1n) is 6.33. The topological polar surface area (TPSA) is 36.1 Å². The van der Waals surface area contributed by atoms with Crippen LogP contribution in [-0.2, 0) is 6.54 Å². The van der Waals surface area contributed by atoms with Crippen molar-refractivity contribution in [3.05, 3.63) is 47.5 Å². The fourth-order valence-corrected chi connectivity index (χ4v) is 2.63. The zero-order valence-corrected chi connectivity index (χ0v) is 11.1. The van der Waals surface area contributed by atoms with Crippen LogP contribution in [0.5, 0.6) is 0 Å². The van der Waals surface area contributed by atoms with E-state index in [1.807, 2.05) is 38.4 Å².